The molecule has 5 rings (SSSR count). The van der Waals surface area contributed by atoms with Crippen molar-refractivity contribution in [3.63, 3.8) is 0 Å². The van der Waals surface area contributed by atoms with E-state index >= 15 is 0 Å². The fourth-order valence-electron chi connectivity index (χ4n) is 3.88. The smallest absolute Gasteiger partial charge is 0.382 e. The Balaban J connectivity index is 1.42. The van der Waals surface area contributed by atoms with Gasteiger partial charge in [0.05, 0.1) is 18.4 Å². The van der Waals surface area contributed by atoms with Crippen LogP contribution < -0.4 is 11.0 Å². The number of hydrogen-bond donors (Lipinski definition) is 2. The minimum absolute atomic E-state index is 0.0904. The third kappa shape index (κ3) is 6.17. The summed E-state index contributed by atoms with van der Waals surface area (Å²) in [4.78, 5) is 33.7. The molecule has 4 aromatic rings. The van der Waals surface area contributed by atoms with Gasteiger partial charge in [0.25, 0.3) is 0 Å². The molecule has 11 nitrogen and oxygen atoms in total. The number of rotatable bonds is 9. The quantitative estimate of drug-likeness (QED) is 0.320. The van der Waals surface area contributed by atoms with Crippen molar-refractivity contribution in [3.8, 4) is 17.1 Å². The predicted molar refractivity (Wildman–Crippen MR) is 133 cm³/mol. The summed E-state index contributed by atoms with van der Waals surface area (Å²) in [6.07, 6.45) is -0.852. The van der Waals surface area contributed by atoms with Crippen molar-refractivity contribution in [2.45, 2.75) is 44.6 Å². The van der Waals surface area contributed by atoms with Gasteiger partial charge in [0.2, 0.25) is 5.91 Å². The largest absolute Gasteiger partial charge is 0.416 e. The van der Waals surface area contributed by atoms with Gasteiger partial charge >= 0.3 is 11.9 Å². The first-order chi connectivity index (χ1) is 18.6. The summed E-state index contributed by atoms with van der Waals surface area (Å²) in [5, 5.41) is 21.4. The van der Waals surface area contributed by atoms with Gasteiger partial charge in [0, 0.05) is 23.2 Å². The van der Waals surface area contributed by atoms with Gasteiger partial charge in [0.1, 0.15) is 18.6 Å². The lowest BCUT2D eigenvalue weighted by atomic mass is 10.2. The Morgan fingerprint density at radius 1 is 1.18 bits per heavy atom. The van der Waals surface area contributed by atoms with E-state index in [0.717, 1.165) is 22.1 Å². The number of benzene rings is 1. The molecule has 1 aromatic carbocycles. The predicted octanol–water partition coefficient (Wildman–Crippen LogP) is 3.05. The highest BCUT2D eigenvalue weighted by Gasteiger charge is 2.39. The van der Waals surface area contributed by atoms with Gasteiger partial charge < -0.3 is 10.4 Å². The normalized spacial score (nSPS) is 14.4. The monoisotopic (exact) mass is 562 g/mol. The standard InChI is InChI=1S/C24H22ClF3N8O3/c25-16-5-3-15(4-6-16)22-33-35(23(39)34(22)11-19(37)24(26,27)28)12-20-30-13-36(32-20)18-10-29-8-7-17(18)31-21(38)9-14-1-2-14/h3-8,10,13-14,19,37H,1-2,9,11-12H2,(H,29,31,38). The number of aromatic nitrogens is 7. The first-order valence-electron chi connectivity index (χ1n) is 11.9. The Morgan fingerprint density at radius 2 is 1.92 bits per heavy atom. The molecule has 1 unspecified atom stereocenters. The van der Waals surface area contributed by atoms with E-state index in [1.807, 2.05) is 0 Å². The second-order valence-electron chi connectivity index (χ2n) is 9.13. The number of nitrogens with one attached hydrogen (secondary N) is 1. The van der Waals surface area contributed by atoms with E-state index in [2.05, 4.69) is 25.5 Å². The second kappa shape index (κ2) is 10.6. The summed E-state index contributed by atoms with van der Waals surface area (Å²) < 4.78 is 42.3. The van der Waals surface area contributed by atoms with Gasteiger partial charge in [-0.1, -0.05) is 11.6 Å². The third-order valence-electron chi connectivity index (χ3n) is 6.08. The highest BCUT2D eigenvalue weighted by molar-refractivity contribution is 6.30. The van der Waals surface area contributed by atoms with E-state index < -0.39 is 24.5 Å². The topological polar surface area (TPSA) is 133 Å². The Hall–Kier alpha value is -4.04. The van der Waals surface area contributed by atoms with Crippen LogP contribution in [0, 0.1) is 5.92 Å². The van der Waals surface area contributed by atoms with E-state index in [9.17, 15) is 27.9 Å². The number of amides is 1. The van der Waals surface area contributed by atoms with Gasteiger partial charge in [-0.05, 0) is 49.1 Å². The number of carbonyl (C=O) groups is 1. The molecule has 3 heterocycles. The molecule has 0 saturated heterocycles. The molecule has 1 fully saturated rings. The van der Waals surface area contributed by atoms with Crippen molar-refractivity contribution >= 4 is 23.2 Å². The number of hydrogen-bond acceptors (Lipinski definition) is 7. The molecule has 3 aromatic heterocycles. The average molecular weight is 563 g/mol. The maximum absolute atomic E-state index is 13.1. The SMILES string of the molecule is O=C(CC1CC1)Nc1ccncc1-n1cnc(Cn2nc(-c3ccc(Cl)cc3)n(CC(O)C(F)(F)F)c2=O)n1. The number of aliphatic hydroxyl groups excluding tert-OH is 1. The number of anilines is 1. The van der Waals surface area contributed by atoms with Crippen LogP contribution in [0.4, 0.5) is 18.9 Å². The third-order valence-corrected chi connectivity index (χ3v) is 6.33. The number of carbonyl (C=O) groups excluding carboxylic acids is 1. The van der Waals surface area contributed by atoms with Crippen molar-refractivity contribution in [2.75, 3.05) is 5.32 Å². The van der Waals surface area contributed by atoms with Crippen LogP contribution in [0.1, 0.15) is 25.1 Å². The maximum Gasteiger partial charge on any atom is 0.416 e. The van der Waals surface area contributed by atoms with E-state index in [-0.39, 0.29) is 24.1 Å². The molecule has 15 heteroatoms. The van der Waals surface area contributed by atoms with Crippen molar-refractivity contribution in [1.82, 2.24) is 34.1 Å². The van der Waals surface area contributed by atoms with Crippen molar-refractivity contribution in [1.29, 1.82) is 0 Å². The molecule has 1 aliphatic rings. The second-order valence-corrected chi connectivity index (χ2v) is 9.57. The van der Waals surface area contributed by atoms with Gasteiger partial charge in [0.15, 0.2) is 17.8 Å². The fourth-order valence-corrected chi connectivity index (χ4v) is 4.00. The zero-order chi connectivity index (χ0) is 27.7. The summed E-state index contributed by atoms with van der Waals surface area (Å²) in [6.45, 7) is -1.33. The van der Waals surface area contributed by atoms with Crippen LogP contribution in [0.2, 0.25) is 5.02 Å². The zero-order valence-corrected chi connectivity index (χ0v) is 21.0. The molecule has 2 N–H and O–H groups in total. The summed E-state index contributed by atoms with van der Waals surface area (Å²) in [5.41, 5.74) is 0.340. The molecule has 1 amide bonds. The number of nitrogens with zero attached hydrogens (tertiary/aromatic N) is 7. The van der Waals surface area contributed by atoms with E-state index in [4.69, 9.17) is 11.6 Å². The average Bonchev–Trinajstić information content (AvgIpc) is 3.49. The zero-order valence-electron chi connectivity index (χ0n) is 20.2. The van der Waals surface area contributed by atoms with Crippen LogP contribution in [0.25, 0.3) is 17.1 Å². The summed E-state index contributed by atoms with van der Waals surface area (Å²) in [7, 11) is 0. The Bertz CT molecular complexity index is 1540. The first-order valence-corrected chi connectivity index (χ1v) is 12.3. The van der Waals surface area contributed by atoms with Crippen molar-refractivity contribution < 1.29 is 23.1 Å². The molecule has 0 bridgehead atoms. The van der Waals surface area contributed by atoms with E-state index in [0.29, 0.717) is 34.3 Å². The lowest BCUT2D eigenvalue weighted by Crippen LogP contribution is -2.37. The number of alkyl halides is 3. The summed E-state index contributed by atoms with van der Waals surface area (Å²) >= 11 is 5.91. The van der Waals surface area contributed by atoms with E-state index in [1.54, 1.807) is 6.07 Å². The molecular formula is C24H22ClF3N8O3. The van der Waals surface area contributed by atoms with E-state index in [1.165, 1.54) is 47.7 Å². The Labute approximate surface area is 223 Å². The molecule has 39 heavy (non-hydrogen) atoms. The van der Waals surface area contributed by atoms with Crippen molar-refractivity contribution in [2.24, 2.45) is 5.92 Å². The molecule has 204 valence electrons. The molecule has 0 radical (unpaired) electrons. The van der Waals surface area contributed by atoms with Crippen LogP contribution in [0.3, 0.4) is 0 Å². The highest BCUT2D eigenvalue weighted by Crippen LogP contribution is 2.33. The first kappa shape index (κ1) is 26.6. The van der Waals surface area contributed by atoms with Gasteiger partial charge in [-0.2, -0.15) is 13.2 Å². The number of halogens is 4. The highest BCUT2D eigenvalue weighted by atomic mass is 35.5. The molecule has 0 aliphatic heterocycles. The minimum Gasteiger partial charge on any atom is -0.382 e. The fraction of sp³-hybridized carbons (Fsp3) is 0.333. The number of pyridine rings is 1. The molecule has 1 aliphatic carbocycles. The summed E-state index contributed by atoms with van der Waals surface area (Å²) in [6, 6.07) is 7.63. The Kier molecular flexibility index (Phi) is 7.23. The van der Waals surface area contributed by atoms with Crippen LogP contribution in [0.5, 0.6) is 0 Å². The van der Waals surface area contributed by atoms with Crippen LogP contribution in [-0.4, -0.2) is 57.4 Å². The van der Waals surface area contributed by atoms with Gasteiger partial charge in [-0.3, -0.25) is 14.3 Å². The van der Waals surface area contributed by atoms with Gasteiger partial charge in [-0.25, -0.2) is 19.1 Å². The summed E-state index contributed by atoms with van der Waals surface area (Å²) in [5.74, 6) is 0.312. The van der Waals surface area contributed by atoms with Crippen LogP contribution in [0.15, 0.2) is 53.8 Å². The maximum atomic E-state index is 13.1. The molecule has 1 saturated carbocycles. The lowest BCUT2D eigenvalue weighted by molar-refractivity contribution is -0.207. The van der Waals surface area contributed by atoms with Crippen molar-refractivity contribution in [3.05, 3.63) is 70.4 Å². The lowest BCUT2D eigenvalue weighted by Gasteiger charge is -2.15. The Morgan fingerprint density at radius 3 is 2.62 bits per heavy atom. The van der Waals surface area contributed by atoms with Crippen LogP contribution >= 0.6 is 11.6 Å². The molecule has 1 atom stereocenters. The van der Waals surface area contributed by atoms with Gasteiger partial charge in [-0.15, -0.1) is 10.2 Å². The minimum atomic E-state index is -4.94. The molecular weight excluding hydrogens is 541 g/mol. The number of aliphatic hydroxyl groups is 1. The molecule has 0 spiro atoms. The van der Waals surface area contributed by atoms with Crippen LogP contribution in [-0.2, 0) is 17.9 Å².